The SMILES string of the molecule is CC(=O)c1cc(F)cc(F)c1OC1CC(NC(=O)OC(C)(C)C)C1. The molecule has 24 heavy (non-hydrogen) atoms. The molecule has 0 atom stereocenters. The molecular formula is C17H21F2NO4. The van der Waals surface area contributed by atoms with Crippen molar-refractivity contribution in [2.24, 2.45) is 0 Å². The maximum Gasteiger partial charge on any atom is 0.407 e. The van der Waals surface area contributed by atoms with Crippen molar-refractivity contribution in [2.75, 3.05) is 0 Å². The number of benzene rings is 1. The summed E-state index contributed by atoms with van der Waals surface area (Å²) in [5.41, 5.74) is -0.715. The number of amides is 1. The summed E-state index contributed by atoms with van der Waals surface area (Å²) in [6, 6.07) is 1.49. The molecule has 2 rings (SSSR count). The van der Waals surface area contributed by atoms with Gasteiger partial charge in [-0.3, -0.25) is 4.79 Å². The van der Waals surface area contributed by atoms with Gasteiger partial charge in [-0.05, 0) is 33.8 Å². The second-order valence-corrected chi connectivity index (χ2v) is 6.87. The largest absolute Gasteiger partial charge is 0.486 e. The molecule has 1 aromatic carbocycles. The van der Waals surface area contributed by atoms with Gasteiger partial charge in [-0.15, -0.1) is 0 Å². The lowest BCUT2D eigenvalue weighted by Crippen LogP contribution is -2.50. The number of ether oxygens (including phenoxy) is 2. The molecule has 0 aliphatic heterocycles. The predicted octanol–water partition coefficient (Wildman–Crippen LogP) is 3.60. The Hall–Kier alpha value is -2.18. The Morgan fingerprint density at radius 1 is 1.21 bits per heavy atom. The van der Waals surface area contributed by atoms with Crippen LogP contribution in [0.5, 0.6) is 5.75 Å². The van der Waals surface area contributed by atoms with Crippen LogP contribution in [0.1, 0.15) is 50.9 Å². The number of Topliss-reactive ketones (excluding diaryl/α,β-unsaturated/α-hetero) is 1. The highest BCUT2D eigenvalue weighted by molar-refractivity contribution is 5.96. The summed E-state index contributed by atoms with van der Waals surface area (Å²) in [5, 5.41) is 2.69. The molecule has 1 N–H and O–H groups in total. The third-order valence-corrected chi connectivity index (χ3v) is 3.49. The van der Waals surface area contributed by atoms with Crippen LogP contribution in [-0.4, -0.2) is 29.6 Å². The fourth-order valence-corrected chi connectivity index (χ4v) is 2.36. The van der Waals surface area contributed by atoms with E-state index in [2.05, 4.69) is 5.32 Å². The van der Waals surface area contributed by atoms with Gasteiger partial charge in [0.15, 0.2) is 17.3 Å². The normalized spacial score (nSPS) is 20.1. The highest BCUT2D eigenvalue weighted by Gasteiger charge is 2.34. The molecule has 1 aliphatic rings. The second-order valence-electron chi connectivity index (χ2n) is 6.87. The monoisotopic (exact) mass is 341 g/mol. The van der Waals surface area contributed by atoms with Crippen LogP contribution in [0.15, 0.2) is 12.1 Å². The number of nitrogens with one attached hydrogen (secondary N) is 1. The molecule has 0 saturated heterocycles. The summed E-state index contributed by atoms with van der Waals surface area (Å²) in [4.78, 5) is 23.2. The molecule has 7 heteroatoms. The van der Waals surface area contributed by atoms with E-state index in [1.807, 2.05) is 0 Å². The Bertz CT molecular complexity index is 649. The number of carbonyl (C=O) groups is 2. The summed E-state index contributed by atoms with van der Waals surface area (Å²) in [6.45, 7) is 6.51. The molecule has 1 aliphatic carbocycles. The Kier molecular flexibility index (Phi) is 5.11. The van der Waals surface area contributed by atoms with Crippen LogP contribution in [0.2, 0.25) is 0 Å². The van der Waals surface area contributed by atoms with Crippen molar-refractivity contribution in [2.45, 2.75) is 58.3 Å². The molecule has 0 bridgehead atoms. The predicted molar refractivity (Wildman–Crippen MR) is 83.2 cm³/mol. The lowest BCUT2D eigenvalue weighted by molar-refractivity contribution is 0.0354. The van der Waals surface area contributed by atoms with E-state index in [-0.39, 0.29) is 23.5 Å². The first-order valence-corrected chi connectivity index (χ1v) is 7.71. The summed E-state index contributed by atoms with van der Waals surface area (Å²) >= 11 is 0. The van der Waals surface area contributed by atoms with Crippen molar-refractivity contribution < 1.29 is 27.8 Å². The van der Waals surface area contributed by atoms with Gasteiger partial charge in [0, 0.05) is 24.9 Å². The van der Waals surface area contributed by atoms with Crippen molar-refractivity contribution in [1.29, 1.82) is 0 Å². The standard InChI is InChI=1S/C17H21F2NO4/c1-9(21)13-5-10(18)6-14(19)15(13)23-12-7-11(8-12)20-16(22)24-17(2,3)4/h5-6,11-12H,7-8H2,1-4H3,(H,20,22). The van der Waals surface area contributed by atoms with Crippen LogP contribution in [0, 0.1) is 11.6 Å². The van der Waals surface area contributed by atoms with E-state index in [4.69, 9.17) is 9.47 Å². The summed E-state index contributed by atoms with van der Waals surface area (Å²) in [5.74, 6) is -2.47. The number of alkyl carbamates (subject to hydrolysis) is 1. The third kappa shape index (κ3) is 4.66. The minimum absolute atomic E-state index is 0.129. The van der Waals surface area contributed by atoms with Crippen LogP contribution >= 0.6 is 0 Å². The highest BCUT2D eigenvalue weighted by Crippen LogP contribution is 2.31. The molecule has 1 amide bonds. The van der Waals surface area contributed by atoms with E-state index in [0.717, 1.165) is 6.07 Å². The van der Waals surface area contributed by atoms with E-state index in [1.54, 1.807) is 20.8 Å². The molecular weight excluding hydrogens is 320 g/mol. The van der Waals surface area contributed by atoms with Gasteiger partial charge in [-0.1, -0.05) is 0 Å². The zero-order valence-corrected chi connectivity index (χ0v) is 14.1. The zero-order chi connectivity index (χ0) is 18.1. The van der Waals surface area contributed by atoms with Crippen LogP contribution in [0.3, 0.4) is 0 Å². The van der Waals surface area contributed by atoms with Crippen LogP contribution in [-0.2, 0) is 4.74 Å². The van der Waals surface area contributed by atoms with Gasteiger partial charge in [0.2, 0.25) is 0 Å². The minimum atomic E-state index is -0.913. The number of hydrogen-bond acceptors (Lipinski definition) is 4. The van der Waals surface area contributed by atoms with Crippen molar-refractivity contribution in [3.63, 3.8) is 0 Å². The van der Waals surface area contributed by atoms with Crippen LogP contribution < -0.4 is 10.1 Å². The maximum absolute atomic E-state index is 13.9. The molecule has 1 fully saturated rings. The number of halogens is 2. The average Bonchev–Trinajstić information content (AvgIpc) is 2.35. The van der Waals surface area contributed by atoms with Gasteiger partial charge in [-0.25, -0.2) is 13.6 Å². The number of rotatable bonds is 4. The lowest BCUT2D eigenvalue weighted by Gasteiger charge is -2.36. The molecule has 132 valence electrons. The molecule has 0 heterocycles. The summed E-state index contributed by atoms with van der Waals surface area (Å²) in [6.07, 6.45) is 0.0206. The fraction of sp³-hybridized carbons (Fsp3) is 0.529. The summed E-state index contributed by atoms with van der Waals surface area (Å²) in [7, 11) is 0. The molecule has 1 aromatic rings. The maximum atomic E-state index is 13.9. The summed E-state index contributed by atoms with van der Waals surface area (Å²) < 4.78 is 37.7. The first-order valence-electron chi connectivity index (χ1n) is 7.71. The van der Waals surface area contributed by atoms with Crippen molar-refractivity contribution >= 4 is 11.9 Å². The molecule has 0 aromatic heterocycles. The second kappa shape index (κ2) is 6.75. The van der Waals surface area contributed by atoms with Crippen LogP contribution in [0.25, 0.3) is 0 Å². The van der Waals surface area contributed by atoms with Crippen molar-refractivity contribution in [3.8, 4) is 5.75 Å². The molecule has 0 unspecified atom stereocenters. The van der Waals surface area contributed by atoms with Gasteiger partial charge in [0.25, 0.3) is 0 Å². The average molecular weight is 341 g/mol. The van der Waals surface area contributed by atoms with Gasteiger partial charge >= 0.3 is 6.09 Å². The lowest BCUT2D eigenvalue weighted by atomic mass is 9.89. The third-order valence-electron chi connectivity index (χ3n) is 3.49. The molecule has 0 spiro atoms. The fourth-order valence-electron chi connectivity index (χ4n) is 2.36. The number of ketones is 1. The molecule has 5 nitrogen and oxygen atoms in total. The van der Waals surface area contributed by atoms with Crippen LogP contribution in [0.4, 0.5) is 13.6 Å². The quantitative estimate of drug-likeness (QED) is 0.850. The van der Waals surface area contributed by atoms with E-state index in [0.29, 0.717) is 18.9 Å². The van der Waals surface area contributed by atoms with Crippen molar-refractivity contribution in [3.05, 3.63) is 29.3 Å². The Morgan fingerprint density at radius 3 is 2.38 bits per heavy atom. The minimum Gasteiger partial charge on any atom is -0.486 e. The molecule has 1 saturated carbocycles. The first kappa shape index (κ1) is 18.2. The highest BCUT2D eigenvalue weighted by atomic mass is 19.1. The van der Waals surface area contributed by atoms with E-state index in [9.17, 15) is 18.4 Å². The van der Waals surface area contributed by atoms with Gasteiger partial charge in [0.05, 0.1) is 5.56 Å². The van der Waals surface area contributed by atoms with Gasteiger partial charge in [-0.2, -0.15) is 0 Å². The zero-order valence-electron chi connectivity index (χ0n) is 14.1. The smallest absolute Gasteiger partial charge is 0.407 e. The topological polar surface area (TPSA) is 64.6 Å². The van der Waals surface area contributed by atoms with Gasteiger partial charge in [0.1, 0.15) is 17.5 Å². The van der Waals surface area contributed by atoms with E-state index >= 15 is 0 Å². The number of carbonyl (C=O) groups excluding carboxylic acids is 2. The van der Waals surface area contributed by atoms with E-state index in [1.165, 1.54) is 6.92 Å². The Morgan fingerprint density at radius 2 is 1.83 bits per heavy atom. The first-order chi connectivity index (χ1) is 11.0. The van der Waals surface area contributed by atoms with Crippen molar-refractivity contribution in [1.82, 2.24) is 5.32 Å². The Balaban J connectivity index is 1.92. The van der Waals surface area contributed by atoms with Gasteiger partial charge < -0.3 is 14.8 Å². The number of hydrogen-bond donors (Lipinski definition) is 1. The van der Waals surface area contributed by atoms with E-state index < -0.39 is 29.1 Å². The molecule has 0 radical (unpaired) electrons. The Labute approximate surface area is 139 Å².